The standard InChI is InChI=1S/C26H30F3N7O/c1-5-19-22(6-2)34(4)23-21(32-24(19)37)15-30-25(33-23)31-18-9-8-17(20(14-18)26(27,28)29)16-36-12-10-35(7-3)11-13-36/h5-6,8-9,14-15H,1-2,7,10-13,16H2,3-4H3,(H,32,37)(H,30,31,33). The molecule has 196 valence electrons. The summed E-state index contributed by atoms with van der Waals surface area (Å²) >= 11 is 0. The van der Waals surface area contributed by atoms with Gasteiger partial charge in [0.15, 0.2) is 5.82 Å². The molecule has 1 amide bonds. The van der Waals surface area contributed by atoms with Crippen molar-refractivity contribution in [1.82, 2.24) is 19.8 Å². The molecule has 0 saturated carbocycles. The van der Waals surface area contributed by atoms with E-state index in [9.17, 15) is 18.0 Å². The highest BCUT2D eigenvalue weighted by Gasteiger charge is 2.34. The Labute approximate surface area is 214 Å². The Morgan fingerprint density at radius 2 is 1.84 bits per heavy atom. The van der Waals surface area contributed by atoms with Crippen molar-refractivity contribution in [1.29, 1.82) is 0 Å². The molecule has 0 radical (unpaired) electrons. The molecule has 2 aromatic rings. The van der Waals surface area contributed by atoms with Gasteiger partial charge < -0.3 is 20.4 Å². The molecule has 0 aliphatic carbocycles. The van der Waals surface area contributed by atoms with E-state index in [0.29, 0.717) is 22.8 Å². The molecule has 2 aliphatic heterocycles. The Bertz CT molecular complexity index is 1230. The van der Waals surface area contributed by atoms with Gasteiger partial charge in [-0.15, -0.1) is 0 Å². The second kappa shape index (κ2) is 10.7. The maximum Gasteiger partial charge on any atom is 0.416 e. The average Bonchev–Trinajstić information content (AvgIpc) is 2.97. The fourth-order valence-electron chi connectivity index (χ4n) is 4.51. The molecule has 0 atom stereocenters. The molecule has 1 fully saturated rings. The molecular formula is C26H30F3N7O. The van der Waals surface area contributed by atoms with Crippen LogP contribution in [0.2, 0.25) is 0 Å². The molecule has 1 aromatic carbocycles. The van der Waals surface area contributed by atoms with E-state index in [-0.39, 0.29) is 29.7 Å². The van der Waals surface area contributed by atoms with Crippen LogP contribution in [0.1, 0.15) is 18.1 Å². The molecule has 4 rings (SSSR count). The summed E-state index contributed by atoms with van der Waals surface area (Å²) in [6, 6.07) is 4.18. The fraction of sp³-hybridized carbons (Fsp3) is 0.346. The largest absolute Gasteiger partial charge is 0.416 e. The topological polar surface area (TPSA) is 76.6 Å². The molecule has 37 heavy (non-hydrogen) atoms. The van der Waals surface area contributed by atoms with E-state index in [4.69, 9.17) is 0 Å². The minimum atomic E-state index is -4.51. The lowest BCUT2D eigenvalue weighted by Crippen LogP contribution is -2.45. The quantitative estimate of drug-likeness (QED) is 0.569. The molecule has 2 N–H and O–H groups in total. The normalized spacial score (nSPS) is 17.2. The molecule has 11 heteroatoms. The zero-order chi connectivity index (χ0) is 26.7. The summed E-state index contributed by atoms with van der Waals surface area (Å²) in [5, 5.41) is 5.60. The van der Waals surface area contributed by atoms with Crippen LogP contribution in [0.15, 0.2) is 61.0 Å². The van der Waals surface area contributed by atoms with Crippen LogP contribution in [0.4, 0.5) is 36.3 Å². The number of hydrogen-bond acceptors (Lipinski definition) is 7. The summed E-state index contributed by atoms with van der Waals surface area (Å²) in [6.45, 7) is 13.9. The van der Waals surface area contributed by atoms with Gasteiger partial charge in [0.1, 0.15) is 5.69 Å². The molecule has 0 unspecified atom stereocenters. The van der Waals surface area contributed by atoms with Gasteiger partial charge in [0.05, 0.1) is 23.0 Å². The summed E-state index contributed by atoms with van der Waals surface area (Å²) < 4.78 is 42.0. The number of piperazine rings is 1. The van der Waals surface area contributed by atoms with E-state index >= 15 is 0 Å². The highest BCUT2D eigenvalue weighted by Crippen LogP contribution is 2.36. The van der Waals surface area contributed by atoms with Crippen molar-refractivity contribution >= 4 is 29.0 Å². The first-order chi connectivity index (χ1) is 17.6. The lowest BCUT2D eigenvalue weighted by atomic mass is 10.0. The first kappa shape index (κ1) is 26.4. The SMILES string of the molecule is C=CC1=C(C=C)N(C)c2nc(Nc3ccc(CN4CCN(CC)CC4)c(C(F)(F)F)c3)ncc2NC1=O. The third-order valence-corrected chi connectivity index (χ3v) is 6.59. The van der Waals surface area contributed by atoms with Crippen molar-refractivity contribution in [3.63, 3.8) is 0 Å². The number of likely N-dealkylation sites (N-methyl/N-ethyl adjacent to an activating group) is 2. The van der Waals surface area contributed by atoms with Crippen molar-refractivity contribution in [2.75, 3.05) is 55.3 Å². The number of nitrogens with zero attached hydrogens (tertiary/aromatic N) is 5. The third kappa shape index (κ3) is 5.67. The molecule has 1 saturated heterocycles. The minimum absolute atomic E-state index is 0.0851. The molecule has 1 aromatic heterocycles. The summed E-state index contributed by atoms with van der Waals surface area (Å²) in [5.74, 6) is 0.0553. The minimum Gasteiger partial charge on any atom is -0.327 e. The van der Waals surface area contributed by atoms with E-state index in [2.05, 4.69) is 45.6 Å². The zero-order valence-corrected chi connectivity index (χ0v) is 20.9. The van der Waals surface area contributed by atoms with E-state index in [1.165, 1.54) is 24.4 Å². The Morgan fingerprint density at radius 3 is 2.46 bits per heavy atom. The number of aromatic nitrogens is 2. The lowest BCUT2D eigenvalue weighted by Gasteiger charge is -2.34. The van der Waals surface area contributed by atoms with Crippen LogP contribution in [0.25, 0.3) is 0 Å². The van der Waals surface area contributed by atoms with Gasteiger partial charge in [-0.3, -0.25) is 9.69 Å². The number of hydrogen-bond donors (Lipinski definition) is 2. The van der Waals surface area contributed by atoms with Gasteiger partial charge in [-0.05, 0) is 30.3 Å². The Morgan fingerprint density at radius 1 is 1.14 bits per heavy atom. The average molecular weight is 514 g/mol. The van der Waals surface area contributed by atoms with Gasteiger partial charge in [0.2, 0.25) is 5.95 Å². The van der Waals surface area contributed by atoms with E-state index in [0.717, 1.165) is 38.8 Å². The first-order valence-electron chi connectivity index (χ1n) is 12.0. The molecule has 0 spiro atoms. The number of carbonyl (C=O) groups excluding carboxylic acids is 1. The number of amides is 1. The van der Waals surface area contributed by atoms with Crippen molar-refractivity contribution < 1.29 is 18.0 Å². The summed E-state index contributed by atoms with van der Waals surface area (Å²) in [6.07, 6.45) is -0.175. The molecular weight excluding hydrogens is 483 g/mol. The maximum absolute atomic E-state index is 14.0. The van der Waals surface area contributed by atoms with Crippen LogP contribution >= 0.6 is 0 Å². The number of anilines is 4. The van der Waals surface area contributed by atoms with E-state index in [1.54, 1.807) is 18.0 Å². The maximum atomic E-state index is 14.0. The van der Waals surface area contributed by atoms with Crippen molar-refractivity contribution in [3.05, 3.63) is 72.1 Å². The second-order valence-corrected chi connectivity index (χ2v) is 8.86. The van der Waals surface area contributed by atoms with E-state index < -0.39 is 11.7 Å². The second-order valence-electron chi connectivity index (χ2n) is 8.86. The van der Waals surface area contributed by atoms with Crippen LogP contribution < -0.4 is 15.5 Å². The predicted molar refractivity (Wildman–Crippen MR) is 139 cm³/mol. The fourth-order valence-corrected chi connectivity index (χ4v) is 4.51. The molecule has 2 aliphatic rings. The summed E-state index contributed by atoms with van der Waals surface area (Å²) in [4.78, 5) is 27.2. The van der Waals surface area contributed by atoms with Crippen LogP contribution in [-0.4, -0.2) is 65.4 Å². The summed E-state index contributed by atoms with van der Waals surface area (Å²) in [7, 11) is 1.70. The Hall–Kier alpha value is -3.70. The molecule has 8 nitrogen and oxygen atoms in total. The van der Waals surface area contributed by atoms with E-state index in [1.807, 2.05) is 4.90 Å². The highest BCUT2D eigenvalue weighted by molar-refractivity contribution is 6.09. The first-order valence-corrected chi connectivity index (χ1v) is 12.0. The van der Waals surface area contributed by atoms with Crippen LogP contribution in [0.3, 0.4) is 0 Å². The highest BCUT2D eigenvalue weighted by atomic mass is 19.4. The number of rotatable bonds is 7. The third-order valence-electron chi connectivity index (χ3n) is 6.59. The van der Waals surface area contributed by atoms with Gasteiger partial charge in [-0.2, -0.15) is 18.2 Å². The van der Waals surface area contributed by atoms with Crippen LogP contribution in [0.5, 0.6) is 0 Å². The number of halogens is 3. The van der Waals surface area contributed by atoms with Gasteiger partial charge in [-0.25, -0.2) is 4.98 Å². The van der Waals surface area contributed by atoms with Gasteiger partial charge in [-0.1, -0.05) is 32.2 Å². The molecule has 0 bridgehead atoms. The Balaban J connectivity index is 1.59. The van der Waals surface area contributed by atoms with Crippen LogP contribution in [-0.2, 0) is 17.5 Å². The Kier molecular flexibility index (Phi) is 7.65. The van der Waals surface area contributed by atoms with Gasteiger partial charge in [0, 0.05) is 45.5 Å². The number of benzene rings is 1. The number of nitrogens with one attached hydrogen (secondary N) is 2. The monoisotopic (exact) mass is 513 g/mol. The van der Waals surface area contributed by atoms with Crippen molar-refractivity contribution in [3.8, 4) is 0 Å². The number of alkyl halides is 3. The summed E-state index contributed by atoms with van der Waals surface area (Å²) in [5.41, 5.74) is 0.890. The predicted octanol–water partition coefficient (Wildman–Crippen LogP) is 4.39. The number of allylic oxidation sites excluding steroid dienone is 1. The van der Waals surface area contributed by atoms with Crippen molar-refractivity contribution in [2.45, 2.75) is 19.6 Å². The number of fused-ring (bicyclic) bond motifs is 1. The number of carbonyl (C=O) groups is 1. The van der Waals surface area contributed by atoms with Crippen LogP contribution in [0, 0.1) is 0 Å². The van der Waals surface area contributed by atoms with Gasteiger partial charge >= 0.3 is 6.18 Å². The lowest BCUT2D eigenvalue weighted by molar-refractivity contribution is -0.138. The zero-order valence-electron chi connectivity index (χ0n) is 20.9. The smallest absolute Gasteiger partial charge is 0.327 e. The van der Waals surface area contributed by atoms with Gasteiger partial charge in [0.25, 0.3) is 5.91 Å². The molecule has 3 heterocycles. The van der Waals surface area contributed by atoms with Crippen molar-refractivity contribution in [2.24, 2.45) is 0 Å².